The molecule has 5 rings (SSSR count). The summed E-state index contributed by atoms with van der Waals surface area (Å²) >= 11 is 0. The third-order valence-corrected chi connectivity index (χ3v) is 9.05. The minimum absolute atomic E-state index is 0.0253. The highest BCUT2D eigenvalue weighted by Crippen LogP contribution is 2.37. The van der Waals surface area contributed by atoms with Crippen molar-refractivity contribution in [1.82, 2.24) is 25.8 Å². The van der Waals surface area contributed by atoms with E-state index in [0.717, 1.165) is 37.7 Å². The maximum atomic E-state index is 14.5. The summed E-state index contributed by atoms with van der Waals surface area (Å²) < 4.78 is 34.7. The van der Waals surface area contributed by atoms with Gasteiger partial charge in [-0.05, 0) is 38.8 Å². The summed E-state index contributed by atoms with van der Waals surface area (Å²) in [6, 6.07) is 4.40. The highest BCUT2D eigenvalue weighted by molar-refractivity contribution is 5.93. The summed E-state index contributed by atoms with van der Waals surface area (Å²) in [5.74, 6) is -3.26. The van der Waals surface area contributed by atoms with E-state index < -0.39 is 36.6 Å². The van der Waals surface area contributed by atoms with Gasteiger partial charge < -0.3 is 25.6 Å². The first-order valence-electron chi connectivity index (χ1n) is 14.6. The molecule has 3 amide bonds. The highest BCUT2D eigenvalue weighted by Gasteiger charge is 2.52. The van der Waals surface area contributed by atoms with Crippen molar-refractivity contribution >= 4 is 17.7 Å². The van der Waals surface area contributed by atoms with Crippen LogP contribution in [0, 0.1) is 5.92 Å². The molecule has 1 aromatic carbocycles. The SMILES string of the molecule is CN[C@@H](C)C(=O)N[C@H](C(=O)N1C[C@H]2CC(F)(F)CN2C[C@H]1C(=O)N[C@@H]1CCOc2ccccc21)C1CCCCC1. The number of alkyl halides is 2. The third-order valence-electron chi connectivity index (χ3n) is 9.05. The van der Waals surface area contributed by atoms with Gasteiger partial charge >= 0.3 is 0 Å². The lowest BCUT2D eigenvalue weighted by Crippen LogP contribution is -2.66. The monoisotopic (exact) mass is 561 g/mol. The Labute approximate surface area is 234 Å². The molecule has 1 aliphatic carbocycles. The number of hydrogen-bond donors (Lipinski definition) is 3. The summed E-state index contributed by atoms with van der Waals surface area (Å²) in [4.78, 5) is 44.2. The van der Waals surface area contributed by atoms with Crippen LogP contribution in [0.1, 0.15) is 63.5 Å². The van der Waals surface area contributed by atoms with Crippen molar-refractivity contribution in [1.29, 1.82) is 0 Å². The van der Waals surface area contributed by atoms with Crippen molar-refractivity contribution in [3.8, 4) is 5.75 Å². The molecule has 40 heavy (non-hydrogen) atoms. The zero-order valence-electron chi connectivity index (χ0n) is 23.3. The van der Waals surface area contributed by atoms with Gasteiger partial charge in [0.2, 0.25) is 17.7 Å². The molecule has 0 unspecified atom stereocenters. The van der Waals surface area contributed by atoms with E-state index in [4.69, 9.17) is 4.74 Å². The molecule has 1 saturated carbocycles. The van der Waals surface area contributed by atoms with E-state index in [-0.39, 0.29) is 49.2 Å². The molecular formula is C29H41F2N5O4. The highest BCUT2D eigenvalue weighted by atomic mass is 19.3. The molecule has 3 aliphatic heterocycles. The molecule has 0 spiro atoms. The fraction of sp³-hybridized carbons (Fsp3) is 0.690. The largest absolute Gasteiger partial charge is 0.493 e. The Morgan fingerprint density at radius 3 is 2.58 bits per heavy atom. The molecular weight excluding hydrogens is 520 g/mol. The van der Waals surface area contributed by atoms with Gasteiger partial charge in [-0.3, -0.25) is 19.3 Å². The van der Waals surface area contributed by atoms with Gasteiger partial charge in [0.15, 0.2) is 0 Å². The number of amides is 3. The Bertz CT molecular complexity index is 1100. The molecule has 0 aromatic heterocycles. The van der Waals surface area contributed by atoms with Crippen molar-refractivity contribution in [2.24, 2.45) is 5.92 Å². The fourth-order valence-electron chi connectivity index (χ4n) is 6.70. The van der Waals surface area contributed by atoms with E-state index in [1.165, 1.54) is 4.90 Å². The van der Waals surface area contributed by atoms with Crippen molar-refractivity contribution in [3.05, 3.63) is 29.8 Å². The first-order chi connectivity index (χ1) is 19.2. The third kappa shape index (κ3) is 6.10. The second-order valence-electron chi connectivity index (χ2n) is 11.8. The van der Waals surface area contributed by atoms with Gasteiger partial charge in [-0.15, -0.1) is 0 Å². The molecule has 5 atom stereocenters. The lowest BCUT2D eigenvalue weighted by Gasteiger charge is -2.45. The number of halogens is 2. The number of carbonyl (C=O) groups is 3. The standard InChI is InChI=1S/C29H41F2N5O4/c1-18(32-2)26(37)34-25(19-8-4-3-5-9-19)28(39)36-15-20-14-29(30,31)17-35(20)16-23(36)27(38)33-22-12-13-40-24-11-7-6-10-21(22)24/h6-7,10-11,18-20,22-23,25,32H,3-5,8-9,12-17H2,1-2H3,(H,33,38)(H,34,37)/t18-,20+,22+,23-,25-/m0/s1. The summed E-state index contributed by atoms with van der Waals surface area (Å²) in [5, 5.41) is 8.96. The lowest BCUT2D eigenvalue weighted by molar-refractivity contribution is -0.149. The first kappa shape index (κ1) is 28.7. The van der Waals surface area contributed by atoms with Crippen LogP contribution in [-0.4, -0.2) is 90.9 Å². The van der Waals surface area contributed by atoms with E-state index in [2.05, 4.69) is 16.0 Å². The van der Waals surface area contributed by atoms with Crippen molar-refractivity contribution in [3.63, 3.8) is 0 Å². The number of ether oxygens (including phenoxy) is 1. The maximum absolute atomic E-state index is 14.5. The first-order valence-corrected chi connectivity index (χ1v) is 14.6. The van der Waals surface area contributed by atoms with E-state index in [1.54, 1.807) is 18.9 Å². The molecule has 11 heteroatoms. The average molecular weight is 562 g/mol. The number of piperazine rings is 1. The zero-order valence-corrected chi connectivity index (χ0v) is 23.3. The van der Waals surface area contributed by atoms with Crippen molar-refractivity contribution in [2.45, 2.75) is 88.0 Å². The minimum atomic E-state index is -2.87. The number of nitrogens with one attached hydrogen (secondary N) is 3. The van der Waals surface area contributed by atoms with E-state index in [0.29, 0.717) is 18.8 Å². The smallest absolute Gasteiger partial charge is 0.262 e. The quantitative estimate of drug-likeness (QED) is 0.472. The van der Waals surface area contributed by atoms with Gasteiger partial charge in [0.1, 0.15) is 17.8 Å². The van der Waals surface area contributed by atoms with Gasteiger partial charge in [0.25, 0.3) is 5.92 Å². The van der Waals surface area contributed by atoms with Crippen molar-refractivity contribution in [2.75, 3.05) is 33.3 Å². The Hall–Kier alpha value is -2.79. The van der Waals surface area contributed by atoms with Crippen LogP contribution < -0.4 is 20.7 Å². The Kier molecular flexibility index (Phi) is 8.61. The van der Waals surface area contributed by atoms with Crippen LogP contribution in [0.5, 0.6) is 5.75 Å². The summed E-state index contributed by atoms with van der Waals surface area (Å²) in [6.45, 7) is 1.79. The second-order valence-corrected chi connectivity index (χ2v) is 11.8. The molecule has 4 aliphatic rings. The number of hydrogen-bond acceptors (Lipinski definition) is 6. The van der Waals surface area contributed by atoms with Crippen LogP contribution in [0.15, 0.2) is 24.3 Å². The fourth-order valence-corrected chi connectivity index (χ4v) is 6.70. The number of fused-ring (bicyclic) bond motifs is 2. The normalized spacial score (nSPS) is 28.0. The van der Waals surface area contributed by atoms with Crippen LogP contribution >= 0.6 is 0 Å². The van der Waals surface area contributed by atoms with Gasteiger partial charge in [0.05, 0.1) is 25.2 Å². The summed E-state index contributed by atoms with van der Waals surface area (Å²) in [5.41, 5.74) is 0.856. The lowest BCUT2D eigenvalue weighted by atomic mass is 9.82. The molecule has 0 radical (unpaired) electrons. The minimum Gasteiger partial charge on any atom is -0.493 e. The van der Waals surface area contributed by atoms with Crippen molar-refractivity contribution < 1.29 is 27.9 Å². The predicted molar refractivity (Wildman–Crippen MR) is 145 cm³/mol. The van der Waals surface area contributed by atoms with Gasteiger partial charge in [-0.1, -0.05) is 37.5 Å². The van der Waals surface area contributed by atoms with E-state index >= 15 is 0 Å². The number of carbonyl (C=O) groups excluding carboxylic acids is 3. The maximum Gasteiger partial charge on any atom is 0.262 e. The van der Waals surface area contributed by atoms with E-state index in [9.17, 15) is 23.2 Å². The van der Waals surface area contributed by atoms with E-state index in [1.807, 2.05) is 24.3 Å². The summed E-state index contributed by atoms with van der Waals surface area (Å²) in [7, 11) is 1.68. The molecule has 3 heterocycles. The molecule has 220 valence electrons. The number of para-hydroxylation sites is 1. The average Bonchev–Trinajstić information content (AvgIpc) is 3.27. The van der Waals surface area contributed by atoms with Crippen LogP contribution in [0.25, 0.3) is 0 Å². The topological polar surface area (TPSA) is 103 Å². The number of rotatable bonds is 7. The molecule has 2 saturated heterocycles. The number of benzene rings is 1. The predicted octanol–water partition coefficient (Wildman–Crippen LogP) is 2.22. The van der Waals surface area contributed by atoms with Crippen LogP contribution in [0.4, 0.5) is 8.78 Å². The molecule has 0 bridgehead atoms. The molecule has 3 fully saturated rings. The number of nitrogens with zero attached hydrogens (tertiary/aromatic N) is 2. The molecule has 1 aromatic rings. The second kappa shape index (κ2) is 12.0. The Morgan fingerprint density at radius 1 is 1.07 bits per heavy atom. The summed E-state index contributed by atoms with van der Waals surface area (Å²) in [6.07, 6.45) is 4.80. The Balaban J connectivity index is 1.41. The van der Waals surface area contributed by atoms with Gasteiger partial charge in [0, 0.05) is 37.5 Å². The zero-order chi connectivity index (χ0) is 28.4. The van der Waals surface area contributed by atoms with Crippen LogP contribution in [-0.2, 0) is 14.4 Å². The number of likely N-dealkylation sites (N-methyl/N-ethyl adjacent to an activating group) is 1. The molecule has 9 nitrogen and oxygen atoms in total. The van der Waals surface area contributed by atoms with Crippen LogP contribution in [0.2, 0.25) is 0 Å². The Morgan fingerprint density at radius 2 is 1.82 bits per heavy atom. The van der Waals surface area contributed by atoms with Gasteiger partial charge in [-0.2, -0.15) is 0 Å². The molecule has 3 N–H and O–H groups in total. The van der Waals surface area contributed by atoms with Crippen LogP contribution in [0.3, 0.4) is 0 Å². The van der Waals surface area contributed by atoms with Gasteiger partial charge in [-0.25, -0.2) is 8.78 Å².